The molecule has 1 N–H and O–H groups in total. The Bertz CT molecular complexity index is 554. The van der Waals surface area contributed by atoms with Gasteiger partial charge in [0, 0.05) is 11.8 Å². The fourth-order valence-electron chi connectivity index (χ4n) is 2.05. The van der Waals surface area contributed by atoms with Gasteiger partial charge in [0.15, 0.2) is 4.67 Å². The van der Waals surface area contributed by atoms with Crippen LogP contribution in [0, 0.1) is 0 Å². The molecule has 1 atom stereocenters. The predicted molar refractivity (Wildman–Crippen MR) is 81.9 cm³/mol. The van der Waals surface area contributed by atoms with E-state index in [-0.39, 0.29) is 12.1 Å². The number of hydrogen-bond acceptors (Lipinski definition) is 4. The van der Waals surface area contributed by atoms with Gasteiger partial charge >= 0.3 is 0 Å². The van der Waals surface area contributed by atoms with Crippen LogP contribution in [-0.2, 0) is 0 Å². The van der Waals surface area contributed by atoms with Crippen LogP contribution in [0.2, 0.25) is 0 Å². The lowest BCUT2D eigenvalue weighted by molar-refractivity contribution is 0.241. The molecule has 2 aromatic rings. The normalized spacial score (nSPS) is 12.7. The molecule has 2 aromatic heterocycles. The maximum atomic E-state index is 5.71. The Kier molecular flexibility index (Phi) is 5.20. The molecule has 1 unspecified atom stereocenters. The zero-order valence-electron chi connectivity index (χ0n) is 11.9. The summed E-state index contributed by atoms with van der Waals surface area (Å²) in [4.78, 5) is 4.27. The third-order valence-corrected chi connectivity index (χ3v) is 3.45. The Labute approximate surface area is 127 Å². The van der Waals surface area contributed by atoms with Gasteiger partial charge in [-0.2, -0.15) is 0 Å². The zero-order chi connectivity index (χ0) is 14.5. The fourth-order valence-corrected chi connectivity index (χ4v) is 2.52. The highest BCUT2D eigenvalue weighted by Gasteiger charge is 2.19. The topological polar surface area (TPSA) is 47.3 Å². The molecule has 5 heteroatoms. The first-order valence-corrected chi connectivity index (χ1v) is 7.49. The Balaban J connectivity index is 2.32. The van der Waals surface area contributed by atoms with Crippen molar-refractivity contribution in [2.45, 2.75) is 32.9 Å². The molecule has 0 saturated carbocycles. The third-order valence-electron chi connectivity index (χ3n) is 2.80. The summed E-state index contributed by atoms with van der Waals surface area (Å²) in [6.45, 7) is 6.92. The summed E-state index contributed by atoms with van der Waals surface area (Å²) in [5, 5.41) is 3.44. The Hall–Kier alpha value is -1.33. The molecule has 2 heterocycles. The summed E-state index contributed by atoms with van der Waals surface area (Å²) in [5.74, 6) is 0.778. The quantitative estimate of drug-likeness (QED) is 0.866. The van der Waals surface area contributed by atoms with Crippen LogP contribution in [-0.4, -0.2) is 17.6 Å². The molecule has 0 fully saturated rings. The molecule has 4 nitrogen and oxygen atoms in total. The largest absolute Gasteiger partial charge is 0.489 e. The van der Waals surface area contributed by atoms with E-state index in [0.717, 1.165) is 28.1 Å². The van der Waals surface area contributed by atoms with Gasteiger partial charge in [-0.05, 0) is 54.0 Å². The second kappa shape index (κ2) is 6.90. The van der Waals surface area contributed by atoms with Gasteiger partial charge in [0.25, 0.3) is 0 Å². The van der Waals surface area contributed by atoms with Crippen LogP contribution in [0.25, 0.3) is 0 Å². The van der Waals surface area contributed by atoms with Crippen molar-refractivity contribution in [2.75, 3.05) is 6.54 Å². The molecular formula is C15H19BrN2O2. The van der Waals surface area contributed by atoms with Crippen molar-refractivity contribution in [3.63, 3.8) is 0 Å². The Morgan fingerprint density at radius 1 is 1.40 bits per heavy atom. The van der Waals surface area contributed by atoms with Gasteiger partial charge in [-0.1, -0.05) is 6.92 Å². The number of nitrogens with one attached hydrogen (secondary N) is 1. The van der Waals surface area contributed by atoms with E-state index in [0.29, 0.717) is 0 Å². The van der Waals surface area contributed by atoms with Gasteiger partial charge < -0.3 is 14.5 Å². The maximum absolute atomic E-state index is 5.71. The second-order valence-electron chi connectivity index (χ2n) is 4.76. The molecule has 0 spiro atoms. The number of furan rings is 1. The molecule has 0 bridgehead atoms. The van der Waals surface area contributed by atoms with Crippen molar-refractivity contribution in [3.8, 4) is 5.75 Å². The lowest BCUT2D eigenvalue weighted by atomic mass is 10.0. The minimum atomic E-state index is 0.0244. The van der Waals surface area contributed by atoms with Crippen LogP contribution in [0.3, 0.4) is 0 Å². The lowest BCUT2D eigenvalue weighted by Crippen LogP contribution is -2.22. The summed E-state index contributed by atoms with van der Waals surface area (Å²) >= 11 is 3.43. The number of pyridine rings is 1. The molecule has 0 radical (unpaired) electrons. The number of rotatable bonds is 6. The highest BCUT2D eigenvalue weighted by Crippen LogP contribution is 2.30. The predicted octanol–water partition coefficient (Wildman–Crippen LogP) is 3.92. The summed E-state index contributed by atoms with van der Waals surface area (Å²) < 4.78 is 11.8. The molecule has 108 valence electrons. The Morgan fingerprint density at radius 3 is 2.80 bits per heavy atom. The van der Waals surface area contributed by atoms with Crippen LogP contribution < -0.4 is 10.1 Å². The highest BCUT2D eigenvalue weighted by molar-refractivity contribution is 9.10. The molecule has 0 aliphatic heterocycles. The molecule has 0 aliphatic rings. The number of halogens is 1. The molecule has 0 saturated heterocycles. The van der Waals surface area contributed by atoms with Gasteiger partial charge in [-0.25, -0.2) is 0 Å². The second-order valence-corrected chi connectivity index (χ2v) is 5.48. The van der Waals surface area contributed by atoms with Gasteiger partial charge in [-0.15, -0.1) is 0 Å². The number of nitrogens with zero attached hydrogens (tertiary/aromatic N) is 1. The standard InChI is InChI=1S/C15H19BrN2O2/c1-4-18-14(13-5-6-19-15(13)16)11-7-12(9-17-8-11)20-10(2)3/h5-10,14,18H,4H2,1-3H3. The molecule has 0 amide bonds. The van der Waals surface area contributed by atoms with Crippen LogP contribution >= 0.6 is 15.9 Å². The third kappa shape index (κ3) is 3.61. The smallest absolute Gasteiger partial charge is 0.174 e. The van der Waals surface area contributed by atoms with Crippen molar-refractivity contribution in [2.24, 2.45) is 0 Å². The van der Waals surface area contributed by atoms with Crippen LogP contribution in [0.15, 0.2) is 39.9 Å². The number of hydrogen-bond donors (Lipinski definition) is 1. The van der Waals surface area contributed by atoms with Gasteiger partial charge in [0.1, 0.15) is 5.75 Å². The average Bonchev–Trinajstić information content (AvgIpc) is 2.81. The lowest BCUT2D eigenvalue weighted by Gasteiger charge is -2.18. The fraction of sp³-hybridized carbons (Fsp3) is 0.400. The maximum Gasteiger partial charge on any atom is 0.174 e. The van der Waals surface area contributed by atoms with Crippen molar-refractivity contribution < 1.29 is 9.15 Å². The van der Waals surface area contributed by atoms with Gasteiger partial charge in [0.2, 0.25) is 0 Å². The zero-order valence-corrected chi connectivity index (χ0v) is 13.5. The van der Waals surface area contributed by atoms with Crippen LogP contribution in [0.5, 0.6) is 5.75 Å². The van der Waals surface area contributed by atoms with Crippen LogP contribution in [0.4, 0.5) is 0 Å². The van der Waals surface area contributed by atoms with Crippen molar-refractivity contribution in [1.29, 1.82) is 0 Å². The van der Waals surface area contributed by atoms with E-state index in [2.05, 4.69) is 33.2 Å². The number of aromatic nitrogens is 1. The molecule has 0 aromatic carbocycles. The first-order valence-electron chi connectivity index (χ1n) is 6.69. The van der Waals surface area contributed by atoms with E-state index >= 15 is 0 Å². The molecule has 0 aliphatic carbocycles. The van der Waals surface area contributed by atoms with E-state index in [1.54, 1.807) is 12.5 Å². The van der Waals surface area contributed by atoms with Gasteiger partial charge in [0.05, 0.1) is 24.6 Å². The minimum absolute atomic E-state index is 0.0244. The van der Waals surface area contributed by atoms with Crippen molar-refractivity contribution in [3.05, 3.63) is 46.6 Å². The molecule has 20 heavy (non-hydrogen) atoms. The summed E-state index contributed by atoms with van der Waals surface area (Å²) in [7, 11) is 0. The Morgan fingerprint density at radius 2 is 2.20 bits per heavy atom. The molecular weight excluding hydrogens is 320 g/mol. The summed E-state index contributed by atoms with van der Waals surface area (Å²) in [6.07, 6.45) is 5.38. The monoisotopic (exact) mass is 338 g/mol. The molecule has 2 rings (SSSR count). The summed E-state index contributed by atoms with van der Waals surface area (Å²) in [5.41, 5.74) is 2.10. The first-order chi connectivity index (χ1) is 9.61. The summed E-state index contributed by atoms with van der Waals surface area (Å²) in [6, 6.07) is 3.99. The SMILES string of the molecule is CCNC(c1cncc(OC(C)C)c1)c1ccoc1Br. The van der Waals surface area contributed by atoms with E-state index in [1.807, 2.05) is 32.2 Å². The van der Waals surface area contributed by atoms with Gasteiger partial charge in [-0.3, -0.25) is 4.98 Å². The minimum Gasteiger partial charge on any atom is -0.489 e. The van der Waals surface area contributed by atoms with E-state index in [9.17, 15) is 0 Å². The van der Waals surface area contributed by atoms with E-state index < -0.39 is 0 Å². The van der Waals surface area contributed by atoms with Crippen LogP contribution in [0.1, 0.15) is 37.9 Å². The van der Waals surface area contributed by atoms with Crippen molar-refractivity contribution >= 4 is 15.9 Å². The van der Waals surface area contributed by atoms with E-state index in [4.69, 9.17) is 9.15 Å². The number of ether oxygens (including phenoxy) is 1. The van der Waals surface area contributed by atoms with E-state index in [1.165, 1.54) is 0 Å². The first kappa shape index (κ1) is 15.1. The van der Waals surface area contributed by atoms with Crippen molar-refractivity contribution in [1.82, 2.24) is 10.3 Å². The average molecular weight is 339 g/mol. The highest BCUT2D eigenvalue weighted by atomic mass is 79.9.